The van der Waals surface area contributed by atoms with Gasteiger partial charge in [0.1, 0.15) is 11.6 Å². The standard InChI is InChI=1S/C13H18FNO2/c1-17-13-5-4-11(14)7-10(13)8-15-6-2-3-12(15)9-16/h4-5,7,12,16H,2-3,6,8-9H2,1H3/t12-/m1/s1. The van der Waals surface area contributed by atoms with Crippen LogP contribution in [0.4, 0.5) is 4.39 Å². The van der Waals surface area contributed by atoms with Gasteiger partial charge in [0.2, 0.25) is 0 Å². The Bertz CT molecular complexity index is 384. The molecule has 1 aliphatic heterocycles. The van der Waals surface area contributed by atoms with Gasteiger partial charge in [0.15, 0.2) is 0 Å². The van der Waals surface area contributed by atoms with Crippen LogP contribution in [0.3, 0.4) is 0 Å². The van der Waals surface area contributed by atoms with E-state index in [-0.39, 0.29) is 18.5 Å². The van der Waals surface area contributed by atoms with Gasteiger partial charge in [0.25, 0.3) is 0 Å². The Morgan fingerprint density at radius 2 is 2.35 bits per heavy atom. The molecular weight excluding hydrogens is 221 g/mol. The Morgan fingerprint density at radius 3 is 3.06 bits per heavy atom. The number of nitrogens with zero attached hydrogens (tertiary/aromatic N) is 1. The van der Waals surface area contributed by atoms with E-state index in [0.717, 1.165) is 24.9 Å². The van der Waals surface area contributed by atoms with E-state index in [1.807, 2.05) is 0 Å². The maximum Gasteiger partial charge on any atom is 0.123 e. The van der Waals surface area contributed by atoms with Crippen molar-refractivity contribution in [2.75, 3.05) is 20.3 Å². The van der Waals surface area contributed by atoms with Crippen molar-refractivity contribution in [3.8, 4) is 5.75 Å². The molecular formula is C13H18FNO2. The van der Waals surface area contributed by atoms with Crippen LogP contribution in [0, 0.1) is 5.82 Å². The first-order valence-electron chi connectivity index (χ1n) is 5.92. The number of aliphatic hydroxyl groups is 1. The second kappa shape index (κ2) is 5.47. The second-order valence-corrected chi connectivity index (χ2v) is 4.41. The highest BCUT2D eigenvalue weighted by atomic mass is 19.1. The molecule has 0 saturated carbocycles. The summed E-state index contributed by atoms with van der Waals surface area (Å²) in [5.41, 5.74) is 0.841. The average molecular weight is 239 g/mol. The maximum atomic E-state index is 13.2. The molecule has 94 valence electrons. The summed E-state index contributed by atoms with van der Waals surface area (Å²) in [6.45, 7) is 1.74. The van der Waals surface area contributed by atoms with Crippen LogP contribution >= 0.6 is 0 Å². The smallest absolute Gasteiger partial charge is 0.123 e. The zero-order chi connectivity index (χ0) is 12.3. The third-order valence-corrected chi connectivity index (χ3v) is 3.33. The van der Waals surface area contributed by atoms with Crippen LogP contribution in [0.1, 0.15) is 18.4 Å². The molecule has 0 aromatic heterocycles. The monoisotopic (exact) mass is 239 g/mol. The third kappa shape index (κ3) is 2.76. The molecule has 1 heterocycles. The molecule has 0 aliphatic carbocycles. The van der Waals surface area contributed by atoms with E-state index < -0.39 is 0 Å². The summed E-state index contributed by atoms with van der Waals surface area (Å²) >= 11 is 0. The number of halogens is 1. The number of methoxy groups -OCH3 is 1. The molecule has 1 aliphatic rings. The minimum Gasteiger partial charge on any atom is -0.496 e. The van der Waals surface area contributed by atoms with E-state index in [4.69, 9.17) is 4.74 Å². The van der Waals surface area contributed by atoms with Crippen LogP contribution in [0.2, 0.25) is 0 Å². The molecule has 1 aromatic carbocycles. The lowest BCUT2D eigenvalue weighted by atomic mass is 10.1. The van der Waals surface area contributed by atoms with Gasteiger partial charge in [0, 0.05) is 18.2 Å². The molecule has 0 unspecified atom stereocenters. The molecule has 0 spiro atoms. The summed E-state index contributed by atoms with van der Waals surface area (Å²) in [5.74, 6) is 0.454. The van der Waals surface area contributed by atoms with E-state index >= 15 is 0 Å². The maximum absolute atomic E-state index is 13.2. The molecule has 0 bridgehead atoms. The number of benzene rings is 1. The second-order valence-electron chi connectivity index (χ2n) is 4.41. The highest BCUT2D eigenvalue weighted by Crippen LogP contribution is 2.25. The molecule has 17 heavy (non-hydrogen) atoms. The van der Waals surface area contributed by atoms with Crippen LogP contribution in [0.25, 0.3) is 0 Å². The van der Waals surface area contributed by atoms with Crippen molar-refractivity contribution in [1.29, 1.82) is 0 Å². The fourth-order valence-electron chi connectivity index (χ4n) is 2.40. The first kappa shape index (κ1) is 12.3. The predicted molar refractivity (Wildman–Crippen MR) is 63.5 cm³/mol. The molecule has 0 radical (unpaired) electrons. The van der Waals surface area contributed by atoms with Crippen molar-refractivity contribution in [1.82, 2.24) is 4.90 Å². The molecule has 1 aromatic rings. The summed E-state index contributed by atoms with van der Waals surface area (Å²) in [6, 6.07) is 4.75. The molecule has 0 amide bonds. The first-order valence-corrected chi connectivity index (χ1v) is 5.92. The summed E-state index contributed by atoms with van der Waals surface area (Å²) in [6.07, 6.45) is 2.09. The number of aliphatic hydroxyl groups excluding tert-OH is 1. The van der Waals surface area contributed by atoms with Crippen molar-refractivity contribution < 1.29 is 14.2 Å². The number of likely N-dealkylation sites (tertiary alicyclic amines) is 1. The van der Waals surface area contributed by atoms with Gasteiger partial charge >= 0.3 is 0 Å². The number of hydrogen-bond acceptors (Lipinski definition) is 3. The topological polar surface area (TPSA) is 32.7 Å². The number of ether oxygens (including phenoxy) is 1. The van der Waals surface area contributed by atoms with Gasteiger partial charge in [-0.1, -0.05) is 0 Å². The van der Waals surface area contributed by atoms with E-state index in [9.17, 15) is 9.50 Å². The van der Waals surface area contributed by atoms with Gasteiger partial charge in [-0.15, -0.1) is 0 Å². The highest BCUT2D eigenvalue weighted by Gasteiger charge is 2.24. The third-order valence-electron chi connectivity index (χ3n) is 3.33. The van der Waals surface area contributed by atoms with Crippen molar-refractivity contribution >= 4 is 0 Å². The SMILES string of the molecule is COc1ccc(F)cc1CN1CCC[C@@H]1CO. The van der Waals surface area contributed by atoms with Crippen LogP contribution in [0.15, 0.2) is 18.2 Å². The normalized spacial score (nSPS) is 20.8. The molecule has 3 nitrogen and oxygen atoms in total. The molecule has 1 atom stereocenters. The van der Waals surface area contributed by atoms with E-state index in [1.165, 1.54) is 12.1 Å². The summed E-state index contributed by atoms with van der Waals surface area (Å²) in [7, 11) is 1.59. The summed E-state index contributed by atoms with van der Waals surface area (Å²) in [4.78, 5) is 2.18. The molecule has 1 fully saturated rings. The van der Waals surface area contributed by atoms with E-state index in [1.54, 1.807) is 13.2 Å². The lowest BCUT2D eigenvalue weighted by Crippen LogP contribution is -2.31. The first-order chi connectivity index (χ1) is 8.24. The highest BCUT2D eigenvalue weighted by molar-refractivity contribution is 5.34. The van der Waals surface area contributed by atoms with Crippen molar-refractivity contribution in [3.63, 3.8) is 0 Å². The Kier molecular flexibility index (Phi) is 3.97. The fourth-order valence-corrected chi connectivity index (χ4v) is 2.40. The van der Waals surface area contributed by atoms with E-state index in [0.29, 0.717) is 12.3 Å². The lowest BCUT2D eigenvalue weighted by molar-refractivity contribution is 0.152. The zero-order valence-corrected chi connectivity index (χ0v) is 10.0. The minimum atomic E-state index is -0.249. The Labute approximate surface area is 101 Å². The molecule has 4 heteroatoms. The van der Waals surface area contributed by atoms with Gasteiger partial charge in [0.05, 0.1) is 13.7 Å². The van der Waals surface area contributed by atoms with Gasteiger partial charge in [-0.3, -0.25) is 4.90 Å². The lowest BCUT2D eigenvalue weighted by Gasteiger charge is -2.23. The largest absolute Gasteiger partial charge is 0.496 e. The van der Waals surface area contributed by atoms with Crippen LogP contribution in [-0.4, -0.2) is 36.3 Å². The Hall–Kier alpha value is -1.13. The summed E-state index contributed by atoms with van der Waals surface area (Å²) in [5, 5.41) is 9.25. The quantitative estimate of drug-likeness (QED) is 0.869. The minimum absolute atomic E-state index is 0.164. The number of hydrogen-bond donors (Lipinski definition) is 1. The van der Waals surface area contributed by atoms with Gasteiger partial charge in [-0.05, 0) is 37.6 Å². The summed E-state index contributed by atoms with van der Waals surface area (Å²) < 4.78 is 18.4. The van der Waals surface area contributed by atoms with Crippen LogP contribution in [0.5, 0.6) is 5.75 Å². The fraction of sp³-hybridized carbons (Fsp3) is 0.538. The average Bonchev–Trinajstić information content (AvgIpc) is 2.77. The molecule has 2 rings (SSSR count). The van der Waals surface area contributed by atoms with Crippen molar-refractivity contribution in [3.05, 3.63) is 29.6 Å². The van der Waals surface area contributed by atoms with Gasteiger partial charge in [-0.2, -0.15) is 0 Å². The van der Waals surface area contributed by atoms with Gasteiger partial charge in [-0.25, -0.2) is 4.39 Å². The van der Waals surface area contributed by atoms with Crippen LogP contribution < -0.4 is 4.74 Å². The molecule has 1 saturated heterocycles. The van der Waals surface area contributed by atoms with Gasteiger partial charge < -0.3 is 9.84 Å². The predicted octanol–water partition coefficient (Wildman–Crippen LogP) is 1.79. The molecule has 1 N–H and O–H groups in total. The zero-order valence-electron chi connectivity index (χ0n) is 10.0. The van der Waals surface area contributed by atoms with Crippen LogP contribution in [-0.2, 0) is 6.54 Å². The van der Waals surface area contributed by atoms with E-state index in [2.05, 4.69) is 4.90 Å². The van der Waals surface area contributed by atoms with Crippen molar-refractivity contribution in [2.45, 2.75) is 25.4 Å². The Balaban J connectivity index is 2.14. The Morgan fingerprint density at radius 1 is 1.53 bits per heavy atom. The van der Waals surface area contributed by atoms with Crippen molar-refractivity contribution in [2.24, 2.45) is 0 Å². The number of rotatable bonds is 4.